The lowest BCUT2D eigenvalue weighted by atomic mass is 9.89. The highest BCUT2D eigenvalue weighted by Gasteiger charge is 2.63. The van der Waals surface area contributed by atoms with Crippen LogP contribution >= 0.6 is 0 Å². The minimum atomic E-state index is -2.73. The molecule has 1 fully saturated rings. The summed E-state index contributed by atoms with van der Waals surface area (Å²) < 4.78 is 10.7. The van der Waals surface area contributed by atoms with Gasteiger partial charge >= 0.3 is 17.7 Å². The van der Waals surface area contributed by atoms with Gasteiger partial charge in [-0.3, -0.25) is 0 Å². The standard InChI is InChI=1S/C23H29NO7/c1-4-17(24-13-18(25)16-7-5-6-14(2)10-16)11-15-8-9-22(3)19(12-15)30-23(31-22,20(26)27)21(28)29/h5-8,10,12,17-18,24-25H,4,9,11,13H2,1-3H3,(H,26,27)(H,28,29). The van der Waals surface area contributed by atoms with Gasteiger partial charge in [-0.2, -0.15) is 0 Å². The Morgan fingerprint density at radius 2 is 1.97 bits per heavy atom. The first-order valence-corrected chi connectivity index (χ1v) is 10.3. The summed E-state index contributed by atoms with van der Waals surface area (Å²) >= 11 is 0. The number of aliphatic hydroxyl groups is 1. The van der Waals surface area contributed by atoms with Crippen molar-refractivity contribution in [3.63, 3.8) is 0 Å². The molecule has 4 N–H and O–H groups in total. The molecular formula is C23H29NO7. The van der Waals surface area contributed by atoms with Crippen LogP contribution in [-0.2, 0) is 19.1 Å². The Labute approximate surface area is 181 Å². The zero-order valence-corrected chi connectivity index (χ0v) is 17.9. The van der Waals surface area contributed by atoms with E-state index in [1.807, 2.05) is 44.2 Å². The molecule has 0 aromatic heterocycles. The molecule has 31 heavy (non-hydrogen) atoms. The molecular weight excluding hydrogens is 402 g/mol. The van der Waals surface area contributed by atoms with Crippen LogP contribution in [0.3, 0.4) is 0 Å². The molecule has 1 aromatic carbocycles. The second-order valence-corrected chi connectivity index (χ2v) is 8.30. The van der Waals surface area contributed by atoms with Gasteiger partial charge in [0.1, 0.15) is 11.4 Å². The highest BCUT2D eigenvalue weighted by atomic mass is 16.8. The van der Waals surface area contributed by atoms with Crippen molar-refractivity contribution in [2.24, 2.45) is 0 Å². The van der Waals surface area contributed by atoms with Crippen molar-refractivity contribution in [2.75, 3.05) is 6.54 Å². The number of rotatable bonds is 9. The molecule has 8 nitrogen and oxygen atoms in total. The Balaban J connectivity index is 1.65. The van der Waals surface area contributed by atoms with Crippen LogP contribution in [0.2, 0.25) is 0 Å². The first kappa shape index (κ1) is 23.0. The van der Waals surface area contributed by atoms with Gasteiger partial charge in [-0.15, -0.1) is 0 Å². The number of carboxylic acids is 2. The fraction of sp³-hybridized carbons (Fsp3) is 0.478. The topological polar surface area (TPSA) is 125 Å². The number of benzene rings is 1. The van der Waals surface area contributed by atoms with Crippen LogP contribution in [-0.4, -0.2) is 51.2 Å². The Morgan fingerprint density at radius 1 is 1.26 bits per heavy atom. The van der Waals surface area contributed by atoms with Crippen molar-refractivity contribution in [2.45, 2.75) is 63.6 Å². The molecule has 1 aliphatic heterocycles. The van der Waals surface area contributed by atoms with Crippen LogP contribution in [0.25, 0.3) is 0 Å². The molecule has 2 aliphatic rings. The quantitative estimate of drug-likeness (QED) is 0.440. The molecule has 3 rings (SSSR count). The van der Waals surface area contributed by atoms with E-state index in [0.29, 0.717) is 19.4 Å². The molecule has 8 heteroatoms. The number of ether oxygens (including phenoxy) is 2. The van der Waals surface area contributed by atoms with E-state index in [0.717, 1.165) is 23.1 Å². The van der Waals surface area contributed by atoms with E-state index < -0.39 is 29.4 Å². The third-order valence-electron chi connectivity index (χ3n) is 5.78. The Kier molecular flexibility index (Phi) is 6.54. The molecule has 3 unspecified atom stereocenters. The number of carboxylic acid groups (broad SMARTS) is 2. The van der Waals surface area contributed by atoms with Gasteiger partial charge in [0.15, 0.2) is 0 Å². The summed E-state index contributed by atoms with van der Waals surface area (Å²) in [6.07, 6.45) is 4.68. The molecule has 0 spiro atoms. The monoisotopic (exact) mass is 431 g/mol. The average Bonchev–Trinajstić information content (AvgIpc) is 3.05. The number of fused-ring (bicyclic) bond motifs is 1. The predicted octanol–water partition coefficient (Wildman–Crippen LogP) is 2.67. The number of carbonyl (C=O) groups is 2. The van der Waals surface area contributed by atoms with Crippen molar-refractivity contribution in [1.82, 2.24) is 5.32 Å². The highest BCUT2D eigenvalue weighted by molar-refractivity contribution is 6.00. The minimum Gasteiger partial charge on any atom is -0.476 e. The average molecular weight is 431 g/mol. The molecule has 0 amide bonds. The van der Waals surface area contributed by atoms with Gasteiger partial charge in [0.2, 0.25) is 0 Å². The third kappa shape index (κ3) is 4.66. The van der Waals surface area contributed by atoms with Gasteiger partial charge in [-0.1, -0.05) is 42.8 Å². The zero-order chi connectivity index (χ0) is 22.8. The SMILES string of the molecule is CCC(CC1=CCC2(C)OC(C(=O)O)(C(=O)O)OC2=C1)NCC(O)c1cccc(C)c1. The summed E-state index contributed by atoms with van der Waals surface area (Å²) in [5.74, 6) is -5.93. The van der Waals surface area contributed by atoms with Gasteiger partial charge in [-0.05, 0) is 43.9 Å². The number of hydrogen-bond donors (Lipinski definition) is 4. The van der Waals surface area contributed by atoms with Crippen LogP contribution in [0.4, 0.5) is 0 Å². The van der Waals surface area contributed by atoms with Gasteiger partial charge < -0.3 is 30.1 Å². The van der Waals surface area contributed by atoms with Gasteiger partial charge in [0.05, 0.1) is 6.10 Å². The Morgan fingerprint density at radius 3 is 2.58 bits per heavy atom. The summed E-state index contributed by atoms with van der Waals surface area (Å²) in [4.78, 5) is 23.1. The molecule has 0 radical (unpaired) electrons. The molecule has 0 saturated carbocycles. The first-order chi connectivity index (χ1) is 14.6. The van der Waals surface area contributed by atoms with Crippen LogP contribution in [0, 0.1) is 6.92 Å². The largest absolute Gasteiger partial charge is 0.476 e. The lowest BCUT2D eigenvalue weighted by Gasteiger charge is -2.27. The second-order valence-electron chi connectivity index (χ2n) is 8.30. The van der Waals surface area contributed by atoms with Crippen LogP contribution in [0.5, 0.6) is 0 Å². The van der Waals surface area contributed by atoms with Gasteiger partial charge in [0, 0.05) is 19.0 Å². The van der Waals surface area contributed by atoms with Crippen molar-refractivity contribution in [1.29, 1.82) is 0 Å². The first-order valence-electron chi connectivity index (χ1n) is 10.3. The van der Waals surface area contributed by atoms with E-state index in [1.54, 1.807) is 13.0 Å². The normalized spacial score (nSPS) is 23.7. The fourth-order valence-electron chi connectivity index (χ4n) is 3.86. The van der Waals surface area contributed by atoms with Gasteiger partial charge in [0.25, 0.3) is 0 Å². The van der Waals surface area contributed by atoms with E-state index >= 15 is 0 Å². The minimum absolute atomic E-state index is 0.0675. The van der Waals surface area contributed by atoms with Crippen molar-refractivity contribution in [3.05, 3.63) is 58.9 Å². The third-order valence-corrected chi connectivity index (χ3v) is 5.78. The fourth-order valence-corrected chi connectivity index (χ4v) is 3.86. The van der Waals surface area contributed by atoms with E-state index in [9.17, 15) is 24.9 Å². The van der Waals surface area contributed by atoms with Crippen LogP contribution in [0.15, 0.2) is 47.7 Å². The Hall–Kier alpha value is -2.68. The molecule has 1 heterocycles. The van der Waals surface area contributed by atoms with Gasteiger partial charge in [-0.25, -0.2) is 9.59 Å². The molecule has 168 valence electrons. The molecule has 1 saturated heterocycles. The van der Waals surface area contributed by atoms with Crippen LogP contribution in [0.1, 0.15) is 50.3 Å². The summed E-state index contributed by atoms with van der Waals surface area (Å²) in [7, 11) is 0. The maximum Gasteiger partial charge on any atom is 0.411 e. The molecule has 1 aliphatic carbocycles. The zero-order valence-electron chi connectivity index (χ0n) is 17.9. The second kappa shape index (κ2) is 8.82. The lowest BCUT2D eigenvalue weighted by Crippen LogP contribution is -2.49. The summed E-state index contributed by atoms with van der Waals surface area (Å²) in [6.45, 7) is 6.03. The number of hydrogen-bond acceptors (Lipinski definition) is 6. The number of aliphatic carboxylic acids is 2. The van der Waals surface area contributed by atoms with E-state index in [1.165, 1.54) is 0 Å². The van der Waals surface area contributed by atoms with Crippen molar-refractivity contribution >= 4 is 11.9 Å². The number of aliphatic hydroxyl groups excluding tert-OH is 1. The molecule has 1 aromatic rings. The summed E-state index contributed by atoms with van der Waals surface area (Å²) in [5.41, 5.74) is 1.69. The lowest BCUT2D eigenvalue weighted by molar-refractivity contribution is -0.222. The van der Waals surface area contributed by atoms with Crippen molar-refractivity contribution < 1.29 is 34.4 Å². The van der Waals surface area contributed by atoms with Crippen molar-refractivity contribution in [3.8, 4) is 0 Å². The number of nitrogens with one attached hydrogen (secondary N) is 1. The highest BCUT2D eigenvalue weighted by Crippen LogP contribution is 2.45. The Bertz CT molecular complexity index is 908. The number of allylic oxidation sites excluding steroid dienone is 1. The van der Waals surface area contributed by atoms with E-state index in [2.05, 4.69) is 5.32 Å². The summed E-state index contributed by atoms with van der Waals surface area (Å²) in [5, 5.41) is 32.6. The number of aryl methyl sites for hydroxylation is 1. The maximum absolute atomic E-state index is 11.5. The van der Waals surface area contributed by atoms with E-state index in [4.69, 9.17) is 9.47 Å². The molecule has 3 atom stereocenters. The van der Waals surface area contributed by atoms with Crippen LogP contribution < -0.4 is 5.32 Å². The van der Waals surface area contributed by atoms with E-state index in [-0.39, 0.29) is 11.8 Å². The maximum atomic E-state index is 11.5. The smallest absolute Gasteiger partial charge is 0.411 e. The predicted molar refractivity (Wildman–Crippen MR) is 112 cm³/mol. The molecule has 0 bridgehead atoms. The summed E-state index contributed by atoms with van der Waals surface area (Å²) in [6, 6.07) is 7.81.